The first-order valence-corrected chi connectivity index (χ1v) is 23.3. The molecule has 9 aromatic carbocycles. The average molecular weight is 840 g/mol. The smallest absolute Gasteiger partial charge is 0.0468 e. The fourth-order valence-electron chi connectivity index (χ4n) is 9.59. The largest absolute Gasteiger partial charge is 0.310 e. The van der Waals surface area contributed by atoms with E-state index in [0.717, 1.165) is 23.5 Å². The van der Waals surface area contributed by atoms with Crippen LogP contribution in [0, 0.1) is 0 Å². The van der Waals surface area contributed by atoms with Crippen molar-refractivity contribution in [1.29, 1.82) is 0 Å². The van der Waals surface area contributed by atoms with E-state index in [1.165, 1.54) is 90.4 Å². The number of anilines is 3. The fourth-order valence-corrected chi connectivity index (χ4v) is 12.1. The normalized spacial score (nSPS) is 13.7. The van der Waals surface area contributed by atoms with Gasteiger partial charge in [-0.1, -0.05) is 182 Å². The van der Waals surface area contributed by atoms with Crippen LogP contribution in [0.15, 0.2) is 231 Å². The molecule has 1 aliphatic carbocycles. The maximum atomic E-state index is 2.45. The van der Waals surface area contributed by atoms with Gasteiger partial charge in [0.1, 0.15) is 0 Å². The molecule has 0 spiro atoms. The summed E-state index contributed by atoms with van der Waals surface area (Å²) in [5, 5.41) is 5.24. The molecule has 0 amide bonds. The molecule has 0 bridgehead atoms. The highest BCUT2D eigenvalue weighted by Crippen LogP contribution is 2.48. The highest BCUT2D eigenvalue weighted by Gasteiger charge is 2.22. The van der Waals surface area contributed by atoms with Crippen LogP contribution >= 0.6 is 22.7 Å². The van der Waals surface area contributed by atoms with E-state index in [1.807, 2.05) is 22.7 Å². The Morgan fingerprint density at radius 3 is 1.35 bits per heavy atom. The van der Waals surface area contributed by atoms with E-state index in [4.69, 9.17) is 0 Å². The quantitative estimate of drug-likeness (QED) is 0.147. The van der Waals surface area contributed by atoms with Gasteiger partial charge in [0, 0.05) is 74.5 Å². The van der Waals surface area contributed by atoms with Gasteiger partial charge in [-0.2, -0.15) is 0 Å². The molecule has 0 saturated heterocycles. The van der Waals surface area contributed by atoms with Crippen molar-refractivity contribution in [2.45, 2.75) is 12.3 Å². The maximum absolute atomic E-state index is 2.45. The summed E-state index contributed by atoms with van der Waals surface area (Å²) >= 11 is 3.77. The molecule has 298 valence electrons. The van der Waals surface area contributed by atoms with Crippen molar-refractivity contribution in [1.82, 2.24) is 0 Å². The van der Waals surface area contributed by atoms with E-state index >= 15 is 0 Å². The number of allylic oxidation sites excluding steroid dienone is 4. The molecule has 2 heterocycles. The molecular weight excluding hydrogens is 799 g/mol. The summed E-state index contributed by atoms with van der Waals surface area (Å²) in [6.45, 7) is 0. The lowest BCUT2D eigenvalue weighted by atomic mass is 9.91. The van der Waals surface area contributed by atoms with Gasteiger partial charge >= 0.3 is 0 Å². The Morgan fingerprint density at radius 1 is 0.365 bits per heavy atom. The first-order valence-electron chi connectivity index (χ1n) is 21.7. The molecular formula is C60H41NS2. The van der Waals surface area contributed by atoms with Gasteiger partial charge in [-0.25, -0.2) is 0 Å². The van der Waals surface area contributed by atoms with Gasteiger partial charge in [-0.15, -0.1) is 22.7 Å². The van der Waals surface area contributed by atoms with E-state index in [9.17, 15) is 0 Å². The number of fused-ring (bicyclic) bond motifs is 6. The third-order valence-electron chi connectivity index (χ3n) is 12.6. The summed E-state index contributed by atoms with van der Waals surface area (Å²) in [7, 11) is 0. The minimum Gasteiger partial charge on any atom is -0.310 e. The van der Waals surface area contributed by atoms with E-state index in [0.29, 0.717) is 5.92 Å². The van der Waals surface area contributed by atoms with Crippen molar-refractivity contribution < 1.29 is 0 Å². The predicted molar refractivity (Wildman–Crippen MR) is 274 cm³/mol. The highest BCUT2D eigenvalue weighted by molar-refractivity contribution is 7.26. The van der Waals surface area contributed by atoms with Gasteiger partial charge in [0.2, 0.25) is 0 Å². The first kappa shape index (κ1) is 37.5. The molecule has 1 unspecified atom stereocenters. The fraction of sp³-hybridized carbons (Fsp3) is 0.0333. The van der Waals surface area contributed by atoms with Gasteiger partial charge in [-0.3, -0.25) is 0 Å². The molecule has 0 fully saturated rings. The molecule has 1 atom stereocenters. The Labute approximate surface area is 375 Å². The van der Waals surface area contributed by atoms with E-state index in [-0.39, 0.29) is 0 Å². The number of rotatable bonds is 8. The zero-order chi connectivity index (χ0) is 41.7. The van der Waals surface area contributed by atoms with Crippen molar-refractivity contribution in [2.75, 3.05) is 4.90 Å². The van der Waals surface area contributed by atoms with Crippen LogP contribution in [0.5, 0.6) is 0 Å². The number of benzene rings is 9. The third-order valence-corrected chi connectivity index (χ3v) is 15.1. The van der Waals surface area contributed by atoms with E-state index < -0.39 is 0 Å². The molecule has 3 heteroatoms. The Bertz CT molecular complexity index is 3340. The minimum absolute atomic E-state index is 0.374. The molecule has 0 N–H and O–H groups in total. The number of hydrogen-bond donors (Lipinski definition) is 0. The van der Waals surface area contributed by atoms with Crippen LogP contribution in [0.3, 0.4) is 0 Å². The minimum atomic E-state index is 0.374. The lowest BCUT2D eigenvalue weighted by Crippen LogP contribution is -2.11. The number of nitrogens with zero attached hydrogens (tertiary/aromatic N) is 1. The SMILES string of the molecule is C1=CCC(c2ccc(N(c3ccc(-c4cccc5c4sc4ccccc45)c(-c4ccccc4)c3)c3ccc(-c4cccc5c4sc4ccccc45)c(-c4ccccc4)c3)cc2)C=C1. The molecule has 1 aliphatic rings. The molecule has 12 rings (SSSR count). The standard InChI is InChI=1S/C60H41NS2/c1-4-16-40(17-5-1)41-30-32-44(33-31-41)61(45-34-36-47(55(38-45)42-18-6-2-7-19-42)51-24-14-26-53-49-22-10-12-28-57(49)62-59(51)53)46-35-37-48(56(39-46)43-20-8-3-9-21-43)52-25-15-27-54-50-23-11-13-29-58(50)63-60(52)54/h1-16,18-40H,17H2. The summed E-state index contributed by atoms with van der Waals surface area (Å²) in [5.74, 6) is 0.374. The van der Waals surface area contributed by atoms with Crippen molar-refractivity contribution in [3.05, 3.63) is 236 Å². The highest BCUT2D eigenvalue weighted by atomic mass is 32.1. The van der Waals surface area contributed by atoms with Crippen LogP contribution in [-0.4, -0.2) is 0 Å². The summed E-state index contributed by atoms with van der Waals surface area (Å²) in [5.41, 5.74) is 14.4. The third kappa shape index (κ3) is 6.69. The molecule has 1 nitrogen and oxygen atoms in total. The molecule has 0 radical (unpaired) electrons. The first-order chi connectivity index (χ1) is 31.2. The van der Waals surface area contributed by atoms with E-state index in [1.54, 1.807) is 0 Å². The topological polar surface area (TPSA) is 3.24 Å². The van der Waals surface area contributed by atoms with Crippen LogP contribution in [0.2, 0.25) is 0 Å². The Kier molecular flexibility index (Phi) is 9.44. The second kappa shape index (κ2) is 15.9. The summed E-state index contributed by atoms with van der Waals surface area (Å²) in [6, 6.07) is 76.4. The maximum Gasteiger partial charge on any atom is 0.0468 e. The molecule has 63 heavy (non-hydrogen) atoms. The Hall–Kier alpha value is -7.30. The zero-order valence-corrected chi connectivity index (χ0v) is 36.1. The number of thiophene rings is 2. The van der Waals surface area contributed by atoms with Gasteiger partial charge in [0.05, 0.1) is 0 Å². The van der Waals surface area contributed by atoms with Crippen LogP contribution < -0.4 is 4.90 Å². The van der Waals surface area contributed by atoms with E-state index in [2.05, 4.69) is 235 Å². The van der Waals surface area contributed by atoms with Crippen LogP contribution in [0.25, 0.3) is 84.9 Å². The Balaban J connectivity index is 1.07. The predicted octanol–water partition coefficient (Wildman–Crippen LogP) is 18.2. The summed E-state index contributed by atoms with van der Waals surface area (Å²) in [6.07, 6.45) is 9.92. The molecule has 0 saturated carbocycles. The number of hydrogen-bond acceptors (Lipinski definition) is 3. The van der Waals surface area contributed by atoms with Crippen LogP contribution in [-0.2, 0) is 0 Å². The van der Waals surface area contributed by atoms with Gasteiger partial charge < -0.3 is 4.90 Å². The van der Waals surface area contributed by atoms with Crippen molar-refractivity contribution in [3.8, 4) is 44.5 Å². The summed E-state index contributed by atoms with van der Waals surface area (Å²) in [4.78, 5) is 2.45. The summed E-state index contributed by atoms with van der Waals surface area (Å²) < 4.78 is 5.26. The van der Waals surface area contributed by atoms with Gasteiger partial charge in [-0.05, 0) is 93.9 Å². The Morgan fingerprint density at radius 2 is 0.841 bits per heavy atom. The van der Waals surface area contributed by atoms with Crippen molar-refractivity contribution in [2.24, 2.45) is 0 Å². The van der Waals surface area contributed by atoms with Crippen LogP contribution in [0.4, 0.5) is 17.1 Å². The lowest BCUT2D eigenvalue weighted by molar-refractivity contribution is 0.854. The molecule has 0 aliphatic heterocycles. The molecule has 11 aromatic rings. The lowest BCUT2D eigenvalue weighted by Gasteiger charge is -2.28. The second-order valence-electron chi connectivity index (χ2n) is 16.3. The van der Waals surface area contributed by atoms with Gasteiger partial charge in [0.15, 0.2) is 0 Å². The average Bonchev–Trinajstić information content (AvgIpc) is 3.94. The molecule has 2 aromatic heterocycles. The van der Waals surface area contributed by atoms with Gasteiger partial charge in [0.25, 0.3) is 0 Å². The zero-order valence-electron chi connectivity index (χ0n) is 34.5. The second-order valence-corrected chi connectivity index (χ2v) is 18.4. The monoisotopic (exact) mass is 839 g/mol. The van der Waals surface area contributed by atoms with Crippen molar-refractivity contribution >= 4 is 80.1 Å². The van der Waals surface area contributed by atoms with Crippen molar-refractivity contribution in [3.63, 3.8) is 0 Å². The van der Waals surface area contributed by atoms with Crippen LogP contribution in [0.1, 0.15) is 17.9 Å².